The Balaban J connectivity index is 1.65. The highest BCUT2D eigenvalue weighted by Crippen LogP contribution is 2.48. The Kier molecular flexibility index (Phi) is 5.86. The molecule has 3 aromatic carbocycles. The van der Waals surface area contributed by atoms with Gasteiger partial charge >= 0.3 is 0 Å². The van der Waals surface area contributed by atoms with E-state index >= 15 is 0 Å². The zero-order valence-electron chi connectivity index (χ0n) is 21.6. The van der Waals surface area contributed by atoms with Crippen LogP contribution in [0.5, 0.6) is 11.5 Å². The van der Waals surface area contributed by atoms with Crippen molar-refractivity contribution in [1.29, 1.82) is 0 Å². The lowest BCUT2D eigenvalue weighted by Gasteiger charge is -2.31. The third-order valence-electron chi connectivity index (χ3n) is 6.82. The summed E-state index contributed by atoms with van der Waals surface area (Å²) >= 11 is 0. The normalized spacial score (nSPS) is 17.2. The van der Waals surface area contributed by atoms with E-state index in [2.05, 4.69) is 77.1 Å². The molecule has 182 valence electrons. The molecule has 0 atom stereocenters. The first-order valence-corrected chi connectivity index (χ1v) is 12.7. The van der Waals surface area contributed by atoms with E-state index < -0.39 is 0 Å². The second kappa shape index (κ2) is 8.75. The van der Waals surface area contributed by atoms with Crippen molar-refractivity contribution >= 4 is 11.4 Å². The summed E-state index contributed by atoms with van der Waals surface area (Å²) in [7, 11) is 0. The molecule has 2 heterocycles. The van der Waals surface area contributed by atoms with Gasteiger partial charge in [0.25, 0.3) is 0 Å². The van der Waals surface area contributed by atoms with E-state index in [1.807, 2.05) is 12.1 Å². The standard InChI is InChI=1S/C31H36N2O2/c1-6-7-15-34-26-17-23-18-30(2,3)33-28(27(23)25-19-31(4,5)35-29(25)26)22-10-8-9-21(16-22)20-11-13-24(32)14-12-20/h8-14,16-17H,6-7,15,18-19,32H2,1-5H3. The minimum absolute atomic E-state index is 0.205. The molecule has 35 heavy (non-hydrogen) atoms. The van der Waals surface area contributed by atoms with Gasteiger partial charge in [-0.25, -0.2) is 0 Å². The van der Waals surface area contributed by atoms with E-state index in [4.69, 9.17) is 20.2 Å². The molecule has 0 saturated heterocycles. The van der Waals surface area contributed by atoms with Crippen molar-refractivity contribution in [3.8, 4) is 22.6 Å². The Morgan fingerprint density at radius 1 is 0.943 bits per heavy atom. The maximum absolute atomic E-state index is 6.47. The van der Waals surface area contributed by atoms with Crippen LogP contribution in [0.2, 0.25) is 0 Å². The van der Waals surface area contributed by atoms with Crippen molar-refractivity contribution in [2.75, 3.05) is 12.3 Å². The second-order valence-electron chi connectivity index (χ2n) is 11.1. The van der Waals surface area contributed by atoms with Crippen molar-refractivity contribution in [3.05, 3.63) is 76.9 Å². The van der Waals surface area contributed by atoms with E-state index in [0.717, 1.165) is 65.3 Å². The summed E-state index contributed by atoms with van der Waals surface area (Å²) in [6.07, 6.45) is 3.85. The van der Waals surface area contributed by atoms with Crippen LogP contribution in [0, 0.1) is 0 Å². The van der Waals surface area contributed by atoms with E-state index in [9.17, 15) is 0 Å². The first kappa shape index (κ1) is 23.5. The zero-order valence-corrected chi connectivity index (χ0v) is 21.6. The SMILES string of the molecule is CCCCOc1cc2c(c3c1OC(C)(C)C3)C(c1cccc(-c3ccc(N)cc3)c1)=NC(C)(C)C2. The quantitative estimate of drug-likeness (QED) is 0.313. The van der Waals surface area contributed by atoms with Crippen LogP contribution in [0.15, 0.2) is 59.6 Å². The van der Waals surface area contributed by atoms with Gasteiger partial charge in [0.05, 0.1) is 17.9 Å². The molecule has 0 radical (unpaired) electrons. The summed E-state index contributed by atoms with van der Waals surface area (Å²) in [6.45, 7) is 11.6. The van der Waals surface area contributed by atoms with E-state index in [-0.39, 0.29) is 11.1 Å². The number of nitrogens with two attached hydrogens (primary N) is 1. The lowest BCUT2D eigenvalue weighted by molar-refractivity contribution is 0.132. The highest BCUT2D eigenvalue weighted by molar-refractivity contribution is 6.16. The van der Waals surface area contributed by atoms with Gasteiger partial charge in [-0.3, -0.25) is 4.99 Å². The van der Waals surface area contributed by atoms with Crippen LogP contribution in [0.1, 0.15) is 69.7 Å². The highest BCUT2D eigenvalue weighted by Gasteiger charge is 2.39. The number of fused-ring (bicyclic) bond motifs is 3. The molecule has 0 fully saturated rings. The number of hydrogen-bond acceptors (Lipinski definition) is 4. The Bertz CT molecular complexity index is 1290. The Morgan fingerprint density at radius 3 is 2.43 bits per heavy atom. The maximum atomic E-state index is 6.47. The van der Waals surface area contributed by atoms with Crippen LogP contribution in [0.3, 0.4) is 0 Å². The maximum Gasteiger partial charge on any atom is 0.166 e. The Hall–Kier alpha value is -3.27. The van der Waals surface area contributed by atoms with Gasteiger partial charge in [0.1, 0.15) is 5.60 Å². The van der Waals surface area contributed by atoms with Crippen LogP contribution in [-0.2, 0) is 12.8 Å². The van der Waals surface area contributed by atoms with Crippen LogP contribution in [0.25, 0.3) is 11.1 Å². The number of aliphatic imine (C=N–C) groups is 1. The van der Waals surface area contributed by atoms with Crippen LogP contribution in [0.4, 0.5) is 5.69 Å². The summed E-state index contributed by atoms with van der Waals surface area (Å²) in [4.78, 5) is 5.31. The predicted octanol–water partition coefficient (Wildman–Crippen LogP) is 7.00. The fourth-order valence-electron chi connectivity index (χ4n) is 5.23. The lowest BCUT2D eigenvalue weighted by atomic mass is 9.80. The number of anilines is 1. The van der Waals surface area contributed by atoms with Gasteiger partial charge in [-0.2, -0.15) is 0 Å². The molecule has 3 aromatic rings. The molecule has 0 saturated carbocycles. The summed E-state index contributed by atoms with van der Waals surface area (Å²) in [5.74, 6) is 1.78. The van der Waals surface area contributed by atoms with Crippen LogP contribution < -0.4 is 15.2 Å². The van der Waals surface area contributed by atoms with Gasteiger partial charge in [-0.1, -0.05) is 43.7 Å². The van der Waals surface area contributed by atoms with Crippen molar-refractivity contribution in [3.63, 3.8) is 0 Å². The molecule has 5 rings (SSSR count). The largest absolute Gasteiger partial charge is 0.490 e. The fraction of sp³-hybridized carbons (Fsp3) is 0.387. The fourth-order valence-corrected chi connectivity index (χ4v) is 5.23. The number of hydrogen-bond donors (Lipinski definition) is 1. The molecule has 2 N–H and O–H groups in total. The molecule has 0 aromatic heterocycles. The molecule has 0 aliphatic carbocycles. The summed E-state index contributed by atoms with van der Waals surface area (Å²) in [5, 5.41) is 0. The predicted molar refractivity (Wildman–Crippen MR) is 145 cm³/mol. The first-order chi connectivity index (χ1) is 16.7. The number of rotatable bonds is 6. The van der Waals surface area contributed by atoms with Crippen molar-refractivity contribution in [1.82, 2.24) is 0 Å². The summed E-state index contributed by atoms with van der Waals surface area (Å²) in [5.41, 5.74) is 14.4. The van der Waals surface area contributed by atoms with E-state index in [0.29, 0.717) is 6.61 Å². The smallest absolute Gasteiger partial charge is 0.166 e. The van der Waals surface area contributed by atoms with Crippen molar-refractivity contribution in [2.24, 2.45) is 4.99 Å². The Labute approximate surface area is 209 Å². The van der Waals surface area contributed by atoms with Gasteiger partial charge in [0.15, 0.2) is 11.5 Å². The average Bonchev–Trinajstić information content (AvgIpc) is 3.13. The number of benzene rings is 3. The first-order valence-electron chi connectivity index (χ1n) is 12.7. The average molecular weight is 469 g/mol. The third-order valence-corrected chi connectivity index (χ3v) is 6.82. The van der Waals surface area contributed by atoms with Gasteiger partial charge in [0, 0.05) is 28.8 Å². The molecule has 0 spiro atoms. The Morgan fingerprint density at radius 2 is 1.69 bits per heavy atom. The minimum atomic E-state index is -0.274. The number of nitrogens with zero attached hydrogens (tertiary/aromatic N) is 1. The molecule has 0 unspecified atom stereocenters. The number of ether oxygens (including phenoxy) is 2. The molecule has 2 aliphatic heterocycles. The second-order valence-corrected chi connectivity index (χ2v) is 11.1. The van der Waals surface area contributed by atoms with E-state index in [1.165, 1.54) is 16.7 Å². The number of unbranched alkanes of at least 4 members (excludes halogenated alkanes) is 1. The number of nitrogen functional groups attached to an aromatic ring is 1. The molecular weight excluding hydrogens is 432 g/mol. The van der Waals surface area contributed by atoms with Gasteiger partial charge in [-0.15, -0.1) is 0 Å². The molecule has 0 bridgehead atoms. The topological polar surface area (TPSA) is 56.8 Å². The van der Waals surface area contributed by atoms with Crippen LogP contribution >= 0.6 is 0 Å². The summed E-state index contributed by atoms with van der Waals surface area (Å²) in [6, 6.07) is 18.9. The molecule has 0 amide bonds. The monoisotopic (exact) mass is 468 g/mol. The molecule has 2 aliphatic rings. The van der Waals surface area contributed by atoms with Gasteiger partial charge in [0.2, 0.25) is 0 Å². The van der Waals surface area contributed by atoms with Gasteiger partial charge < -0.3 is 15.2 Å². The molecule has 4 nitrogen and oxygen atoms in total. The lowest BCUT2D eigenvalue weighted by Crippen LogP contribution is -2.30. The van der Waals surface area contributed by atoms with Crippen molar-refractivity contribution < 1.29 is 9.47 Å². The molecule has 4 heteroatoms. The van der Waals surface area contributed by atoms with Crippen LogP contribution in [-0.4, -0.2) is 23.5 Å². The third kappa shape index (κ3) is 4.67. The minimum Gasteiger partial charge on any atom is -0.490 e. The van der Waals surface area contributed by atoms with Gasteiger partial charge in [-0.05, 0) is 81.5 Å². The highest BCUT2D eigenvalue weighted by atomic mass is 16.5. The summed E-state index contributed by atoms with van der Waals surface area (Å²) < 4.78 is 12.7. The van der Waals surface area contributed by atoms with E-state index in [1.54, 1.807) is 0 Å². The van der Waals surface area contributed by atoms with Crippen molar-refractivity contribution in [2.45, 2.75) is 71.4 Å². The molecular formula is C31H36N2O2. The zero-order chi connectivity index (χ0) is 24.8.